The topological polar surface area (TPSA) is 81.7 Å². The zero-order valence-corrected chi connectivity index (χ0v) is 11.5. The molecule has 0 aromatic carbocycles. The maximum absolute atomic E-state index is 11.8. The summed E-state index contributed by atoms with van der Waals surface area (Å²) in [5, 5.41) is 2.94. The van der Waals surface area contributed by atoms with Gasteiger partial charge in [0.25, 0.3) is 0 Å². The number of ketones is 1. The molecule has 1 rings (SSSR count). The van der Waals surface area contributed by atoms with Gasteiger partial charge < -0.3 is 14.8 Å². The summed E-state index contributed by atoms with van der Waals surface area (Å²) in [6.07, 6.45) is 0.133. The molecule has 0 bridgehead atoms. The Labute approximate surface area is 111 Å². The lowest BCUT2D eigenvalue weighted by Crippen LogP contribution is -2.27. The third-order valence-corrected chi connectivity index (χ3v) is 2.72. The van der Waals surface area contributed by atoms with Gasteiger partial charge in [-0.15, -0.1) is 0 Å². The van der Waals surface area contributed by atoms with Crippen LogP contribution in [0.3, 0.4) is 0 Å². The molecule has 6 heteroatoms. The summed E-state index contributed by atoms with van der Waals surface area (Å²) < 4.78 is 9.51. The van der Waals surface area contributed by atoms with E-state index in [9.17, 15) is 14.4 Å². The highest BCUT2D eigenvalue weighted by molar-refractivity contribution is 5.97. The quantitative estimate of drug-likeness (QED) is 0.760. The molecule has 0 aromatic rings. The summed E-state index contributed by atoms with van der Waals surface area (Å²) in [6.45, 7) is 4.50. The molecule has 0 amide bonds. The lowest BCUT2D eigenvalue weighted by atomic mass is 9.98. The van der Waals surface area contributed by atoms with E-state index in [0.717, 1.165) is 0 Å². The number of methoxy groups -OCH3 is 1. The minimum absolute atomic E-state index is 0.133. The second kappa shape index (κ2) is 6.17. The maximum Gasteiger partial charge on any atom is 0.336 e. The fourth-order valence-electron chi connectivity index (χ4n) is 1.70. The number of nitrogens with one attached hydrogen (secondary N) is 1. The van der Waals surface area contributed by atoms with Crippen LogP contribution >= 0.6 is 0 Å². The van der Waals surface area contributed by atoms with Gasteiger partial charge in [-0.3, -0.25) is 4.79 Å². The molecule has 0 fully saturated rings. The van der Waals surface area contributed by atoms with Gasteiger partial charge in [-0.2, -0.15) is 0 Å². The van der Waals surface area contributed by atoms with Crippen LogP contribution in [0.1, 0.15) is 27.2 Å². The van der Waals surface area contributed by atoms with Crippen molar-refractivity contribution < 1.29 is 23.9 Å². The highest BCUT2D eigenvalue weighted by Gasteiger charge is 2.26. The number of rotatable bonds is 4. The van der Waals surface area contributed by atoms with Crippen molar-refractivity contribution in [2.75, 3.05) is 13.7 Å². The van der Waals surface area contributed by atoms with Crippen molar-refractivity contribution in [3.05, 3.63) is 22.5 Å². The van der Waals surface area contributed by atoms with Crippen LogP contribution in [0.5, 0.6) is 0 Å². The first-order valence-electron chi connectivity index (χ1n) is 5.78. The van der Waals surface area contributed by atoms with Gasteiger partial charge in [0.05, 0.1) is 18.3 Å². The Morgan fingerprint density at radius 1 is 1.11 bits per heavy atom. The van der Waals surface area contributed by atoms with Crippen LogP contribution in [-0.2, 0) is 23.9 Å². The monoisotopic (exact) mass is 267 g/mol. The lowest BCUT2D eigenvalue weighted by molar-refractivity contribution is -0.143. The van der Waals surface area contributed by atoms with Gasteiger partial charge in [0.1, 0.15) is 6.61 Å². The van der Waals surface area contributed by atoms with E-state index in [1.54, 1.807) is 13.8 Å². The van der Waals surface area contributed by atoms with E-state index in [1.807, 2.05) is 0 Å². The molecule has 1 heterocycles. The van der Waals surface area contributed by atoms with Crippen molar-refractivity contribution in [3.63, 3.8) is 0 Å². The lowest BCUT2D eigenvalue weighted by Gasteiger charge is -2.21. The Morgan fingerprint density at radius 3 is 2.11 bits per heavy atom. The average Bonchev–Trinajstić information content (AvgIpc) is 2.35. The normalized spacial score (nSPS) is 14.9. The van der Waals surface area contributed by atoms with Crippen molar-refractivity contribution in [1.29, 1.82) is 0 Å². The molecule has 1 aliphatic heterocycles. The molecule has 0 aromatic heterocycles. The second-order valence-corrected chi connectivity index (χ2v) is 4.28. The van der Waals surface area contributed by atoms with Crippen molar-refractivity contribution in [1.82, 2.24) is 5.32 Å². The van der Waals surface area contributed by atoms with E-state index >= 15 is 0 Å². The van der Waals surface area contributed by atoms with E-state index in [1.165, 1.54) is 14.0 Å². The molecular weight excluding hydrogens is 250 g/mol. The summed E-state index contributed by atoms with van der Waals surface area (Å²) in [7, 11) is 1.28. The SMILES string of the molecule is COC(=O)C1=C(C)NC(C)=C(C(=O)OCC(C)=O)C1. The molecule has 0 saturated carbocycles. The molecule has 0 aliphatic carbocycles. The summed E-state index contributed by atoms with van der Waals surface area (Å²) in [4.78, 5) is 34.2. The molecule has 6 nitrogen and oxygen atoms in total. The van der Waals surface area contributed by atoms with Gasteiger partial charge in [0, 0.05) is 17.8 Å². The summed E-state index contributed by atoms with van der Waals surface area (Å²) in [5.74, 6) is -1.33. The number of ether oxygens (including phenoxy) is 2. The van der Waals surface area contributed by atoms with Gasteiger partial charge in [-0.1, -0.05) is 0 Å². The summed E-state index contributed by atoms with van der Waals surface area (Å²) >= 11 is 0. The highest BCUT2D eigenvalue weighted by Crippen LogP contribution is 2.24. The molecule has 104 valence electrons. The first-order chi connectivity index (χ1) is 8.86. The predicted molar refractivity (Wildman–Crippen MR) is 66.8 cm³/mol. The van der Waals surface area contributed by atoms with Crippen LogP contribution in [0.25, 0.3) is 0 Å². The molecule has 0 radical (unpaired) electrons. The van der Waals surface area contributed by atoms with Crippen LogP contribution in [0.2, 0.25) is 0 Å². The number of hydrogen-bond acceptors (Lipinski definition) is 6. The molecule has 19 heavy (non-hydrogen) atoms. The number of allylic oxidation sites excluding steroid dienone is 2. The largest absolute Gasteiger partial charge is 0.466 e. The smallest absolute Gasteiger partial charge is 0.336 e. The van der Waals surface area contributed by atoms with Gasteiger partial charge in [0.15, 0.2) is 5.78 Å². The Bertz CT molecular complexity index is 487. The van der Waals surface area contributed by atoms with Crippen molar-refractivity contribution in [3.8, 4) is 0 Å². The first-order valence-corrected chi connectivity index (χ1v) is 5.78. The van der Waals surface area contributed by atoms with Gasteiger partial charge in [0.2, 0.25) is 0 Å². The number of hydrogen-bond donors (Lipinski definition) is 1. The summed E-state index contributed by atoms with van der Waals surface area (Å²) in [6, 6.07) is 0. The predicted octanol–water partition coefficient (Wildman–Crippen LogP) is 0.833. The fourth-order valence-corrected chi connectivity index (χ4v) is 1.70. The molecule has 1 aliphatic rings. The minimum Gasteiger partial charge on any atom is -0.466 e. The van der Waals surface area contributed by atoms with Crippen molar-refractivity contribution in [2.24, 2.45) is 0 Å². The standard InChI is InChI=1S/C13H17NO5/c1-7(15)6-19-13(17)11-5-10(12(16)18-4)8(2)14-9(11)3/h14H,5-6H2,1-4H3. The van der Waals surface area contributed by atoms with Gasteiger partial charge >= 0.3 is 11.9 Å². The van der Waals surface area contributed by atoms with E-state index in [2.05, 4.69) is 10.1 Å². The van der Waals surface area contributed by atoms with Gasteiger partial charge in [-0.25, -0.2) is 9.59 Å². The highest BCUT2D eigenvalue weighted by atomic mass is 16.5. The second-order valence-electron chi connectivity index (χ2n) is 4.28. The number of carbonyl (C=O) groups is 3. The Balaban J connectivity index is 2.85. The number of carbonyl (C=O) groups excluding carboxylic acids is 3. The molecule has 0 unspecified atom stereocenters. The first kappa shape index (κ1) is 14.9. The van der Waals surface area contributed by atoms with Crippen LogP contribution in [-0.4, -0.2) is 31.4 Å². The van der Waals surface area contributed by atoms with Crippen LogP contribution in [0.15, 0.2) is 22.5 Å². The number of dihydropyridines is 1. The van der Waals surface area contributed by atoms with Crippen LogP contribution in [0.4, 0.5) is 0 Å². The van der Waals surface area contributed by atoms with E-state index < -0.39 is 11.9 Å². The molecule has 0 atom stereocenters. The molecule has 0 spiro atoms. The van der Waals surface area contributed by atoms with Gasteiger partial charge in [-0.05, 0) is 20.8 Å². The Morgan fingerprint density at radius 2 is 1.63 bits per heavy atom. The Hall–Kier alpha value is -2.11. The van der Waals surface area contributed by atoms with E-state index in [-0.39, 0.29) is 18.8 Å². The summed E-state index contributed by atoms with van der Waals surface area (Å²) in [5.41, 5.74) is 1.96. The zero-order chi connectivity index (χ0) is 14.6. The fraction of sp³-hybridized carbons (Fsp3) is 0.462. The maximum atomic E-state index is 11.8. The molecule has 0 saturated heterocycles. The third-order valence-electron chi connectivity index (χ3n) is 2.72. The minimum atomic E-state index is -0.603. The van der Waals surface area contributed by atoms with E-state index in [4.69, 9.17) is 4.74 Å². The van der Waals surface area contributed by atoms with Crippen LogP contribution < -0.4 is 5.32 Å². The average molecular weight is 267 g/mol. The third kappa shape index (κ3) is 3.67. The van der Waals surface area contributed by atoms with E-state index in [0.29, 0.717) is 22.5 Å². The molecule has 1 N–H and O–H groups in total. The zero-order valence-electron chi connectivity index (χ0n) is 11.5. The van der Waals surface area contributed by atoms with Crippen LogP contribution in [0, 0.1) is 0 Å². The molecular formula is C13H17NO5. The number of esters is 2. The number of Topliss-reactive ketones (excluding diaryl/α,β-unsaturated/α-hetero) is 1. The van der Waals surface area contributed by atoms with Crippen molar-refractivity contribution in [2.45, 2.75) is 27.2 Å². The van der Waals surface area contributed by atoms with Crippen molar-refractivity contribution >= 4 is 17.7 Å². The Kier molecular flexibility index (Phi) is 4.86.